The highest BCUT2D eigenvalue weighted by Crippen LogP contribution is 2.10. The minimum Gasteiger partial charge on any atom is -0.225 e. The molecule has 2 rings (SSSR count). The lowest BCUT2D eigenvalue weighted by Crippen LogP contribution is -2.26. The Morgan fingerprint density at radius 2 is 1.46 bits per heavy atom. The van der Waals surface area contributed by atoms with Crippen LogP contribution in [0, 0.1) is 0 Å². The Balaban J connectivity index is 1.80. The van der Waals surface area contributed by atoms with Crippen molar-refractivity contribution in [3.63, 3.8) is 0 Å². The summed E-state index contributed by atoms with van der Waals surface area (Å²) in [4.78, 5) is 0.0646. The number of nitrogens with one attached hydrogen (secondary N) is 1. The predicted molar refractivity (Wildman–Crippen MR) is 93.2 cm³/mol. The molecule has 0 heterocycles. The Hall–Kier alpha value is -1.74. The van der Waals surface area contributed by atoms with E-state index in [-0.39, 0.29) is 10.6 Å². The third-order valence-corrected chi connectivity index (χ3v) is 5.70. The molecule has 130 valence electrons. The minimum absolute atomic E-state index is 0.0447. The number of sulfonamides is 2. The molecule has 0 saturated carbocycles. The maximum atomic E-state index is 12.0. The van der Waals surface area contributed by atoms with Gasteiger partial charge in [-0.2, -0.15) is 0 Å². The first-order valence-electron chi connectivity index (χ1n) is 7.39. The van der Waals surface area contributed by atoms with Gasteiger partial charge < -0.3 is 0 Å². The van der Waals surface area contributed by atoms with Crippen molar-refractivity contribution >= 4 is 20.0 Å². The highest BCUT2D eigenvalue weighted by Gasteiger charge is 2.10. The van der Waals surface area contributed by atoms with Crippen molar-refractivity contribution in [2.24, 2.45) is 5.14 Å². The lowest BCUT2D eigenvalue weighted by Gasteiger charge is -2.07. The molecule has 0 aliphatic carbocycles. The second-order valence-corrected chi connectivity index (χ2v) is 8.80. The van der Waals surface area contributed by atoms with Crippen LogP contribution in [0.2, 0.25) is 0 Å². The fraction of sp³-hybridized carbons (Fsp3) is 0.250. The molecule has 0 aliphatic heterocycles. The molecule has 3 N–H and O–H groups in total. The molecule has 2 aromatic carbocycles. The summed E-state index contributed by atoms with van der Waals surface area (Å²) in [6.07, 6.45) is 1.25. The van der Waals surface area contributed by atoms with Crippen LogP contribution in [0.4, 0.5) is 0 Å². The predicted octanol–water partition coefficient (Wildman–Crippen LogP) is 1.39. The van der Waals surface area contributed by atoms with E-state index >= 15 is 0 Å². The summed E-state index contributed by atoms with van der Waals surface area (Å²) in [6.45, 7) is 0.326. The summed E-state index contributed by atoms with van der Waals surface area (Å²) in [5.74, 6) is -0.0447. The van der Waals surface area contributed by atoms with E-state index in [1.165, 1.54) is 12.1 Å². The smallest absolute Gasteiger partial charge is 0.225 e. The van der Waals surface area contributed by atoms with Crippen molar-refractivity contribution in [3.05, 3.63) is 65.7 Å². The van der Waals surface area contributed by atoms with E-state index in [9.17, 15) is 16.8 Å². The van der Waals surface area contributed by atoms with Gasteiger partial charge in [0.25, 0.3) is 0 Å². The van der Waals surface area contributed by atoms with E-state index in [1.54, 1.807) is 36.4 Å². The molecule has 0 aliphatic rings. The molecular formula is C16H20N2O4S2. The van der Waals surface area contributed by atoms with Gasteiger partial charge in [-0.05, 0) is 36.1 Å². The first-order chi connectivity index (χ1) is 11.3. The van der Waals surface area contributed by atoms with Crippen LogP contribution in [0.25, 0.3) is 0 Å². The molecule has 0 bridgehead atoms. The van der Waals surface area contributed by atoms with E-state index in [2.05, 4.69) is 4.72 Å². The number of primary sulfonamides is 1. The van der Waals surface area contributed by atoms with Crippen molar-refractivity contribution in [3.8, 4) is 0 Å². The van der Waals surface area contributed by atoms with Crippen LogP contribution in [0.15, 0.2) is 59.5 Å². The molecule has 2 aromatic rings. The number of hydrogen-bond acceptors (Lipinski definition) is 4. The summed E-state index contributed by atoms with van der Waals surface area (Å²) in [5, 5.41) is 5.04. The van der Waals surface area contributed by atoms with Gasteiger partial charge in [0.1, 0.15) is 0 Å². The SMILES string of the molecule is NS(=O)(=O)c1ccc(CCCNS(=O)(=O)Cc2ccccc2)cc1. The van der Waals surface area contributed by atoms with Crippen LogP contribution in [0.5, 0.6) is 0 Å². The topological polar surface area (TPSA) is 106 Å². The molecule has 0 fully saturated rings. The Bertz CT molecular complexity index is 862. The van der Waals surface area contributed by atoms with Crippen LogP contribution >= 0.6 is 0 Å². The minimum atomic E-state index is -3.69. The molecule has 0 spiro atoms. The van der Waals surface area contributed by atoms with Crippen molar-refractivity contribution in [2.75, 3.05) is 6.54 Å². The lowest BCUT2D eigenvalue weighted by molar-refractivity contribution is 0.578. The van der Waals surface area contributed by atoms with Gasteiger partial charge >= 0.3 is 0 Å². The Morgan fingerprint density at radius 1 is 0.833 bits per heavy atom. The van der Waals surface area contributed by atoms with Gasteiger partial charge in [0, 0.05) is 6.54 Å². The Morgan fingerprint density at radius 3 is 2.04 bits per heavy atom. The fourth-order valence-corrected chi connectivity index (χ4v) is 3.91. The zero-order valence-electron chi connectivity index (χ0n) is 13.1. The van der Waals surface area contributed by atoms with E-state index in [4.69, 9.17) is 5.14 Å². The van der Waals surface area contributed by atoms with Crippen LogP contribution in [0.1, 0.15) is 17.5 Å². The van der Waals surface area contributed by atoms with E-state index in [0.717, 1.165) is 11.1 Å². The molecule has 0 saturated heterocycles. The molecule has 24 heavy (non-hydrogen) atoms. The summed E-state index contributed by atoms with van der Waals surface area (Å²) < 4.78 is 48.9. The monoisotopic (exact) mass is 368 g/mol. The maximum Gasteiger partial charge on any atom is 0.238 e. The molecule has 0 aromatic heterocycles. The quantitative estimate of drug-likeness (QED) is 0.687. The fourth-order valence-electron chi connectivity index (χ4n) is 2.21. The molecular weight excluding hydrogens is 348 g/mol. The standard InChI is InChI=1S/C16H20N2O4S2/c17-24(21,22)16-10-8-14(9-11-16)7-4-12-18-23(19,20)13-15-5-2-1-3-6-15/h1-3,5-6,8-11,18H,4,7,12-13H2,(H2,17,21,22). The van der Waals surface area contributed by atoms with Gasteiger partial charge in [-0.1, -0.05) is 42.5 Å². The summed E-state index contributed by atoms with van der Waals surface area (Å²) in [5.41, 5.74) is 1.66. The number of nitrogens with two attached hydrogens (primary N) is 1. The number of benzene rings is 2. The first-order valence-corrected chi connectivity index (χ1v) is 10.6. The zero-order valence-corrected chi connectivity index (χ0v) is 14.7. The van der Waals surface area contributed by atoms with Gasteiger partial charge in [-0.15, -0.1) is 0 Å². The zero-order chi connectivity index (χ0) is 17.6. The highest BCUT2D eigenvalue weighted by molar-refractivity contribution is 7.89. The maximum absolute atomic E-state index is 12.0. The average Bonchev–Trinajstić information content (AvgIpc) is 2.52. The Kier molecular flexibility index (Phi) is 6.11. The first kappa shape index (κ1) is 18.6. The second-order valence-electron chi connectivity index (χ2n) is 5.43. The summed E-state index contributed by atoms with van der Waals surface area (Å²) in [6, 6.07) is 15.2. The second kappa shape index (κ2) is 7.89. The van der Waals surface area contributed by atoms with E-state index < -0.39 is 20.0 Å². The van der Waals surface area contributed by atoms with Gasteiger partial charge in [0.2, 0.25) is 20.0 Å². The molecule has 8 heteroatoms. The lowest BCUT2D eigenvalue weighted by atomic mass is 10.1. The summed E-state index contributed by atoms with van der Waals surface area (Å²) >= 11 is 0. The third kappa shape index (κ3) is 6.04. The van der Waals surface area contributed by atoms with Crippen molar-refractivity contribution in [1.29, 1.82) is 0 Å². The average molecular weight is 368 g/mol. The van der Waals surface area contributed by atoms with Crippen molar-refractivity contribution in [2.45, 2.75) is 23.5 Å². The van der Waals surface area contributed by atoms with Crippen LogP contribution < -0.4 is 9.86 Å². The Labute approximate surface area is 142 Å². The van der Waals surface area contributed by atoms with Crippen molar-refractivity contribution in [1.82, 2.24) is 4.72 Å². The van der Waals surface area contributed by atoms with Crippen molar-refractivity contribution < 1.29 is 16.8 Å². The van der Waals surface area contributed by atoms with Gasteiger partial charge in [0.15, 0.2) is 0 Å². The number of aryl methyl sites for hydroxylation is 1. The van der Waals surface area contributed by atoms with Crippen LogP contribution in [0.3, 0.4) is 0 Å². The largest absolute Gasteiger partial charge is 0.238 e. The van der Waals surface area contributed by atoms with E-state index in [0.29, 0.717) is 19.4 Å². The normalized spacial score (nSPS) is 12.2. The third-order valence-electron chi connectivity index (χ3n) is 3.42. The molecule has 6 nitrogen and oxygen atoms in total. The molecule has 0 atom stereocenters. The van der Waals surface area contributed by atoms with Gasteiger partial charge in [-0.3, -0.25) is 0 Å². The van der Waals surface area contributed by atoms with Gasteiger partial charge in [0.05, 0.1) is 10.6 Å². The molecule has 0 radical (unpaired) electrons. The number of rotatable bonds is 8. The van der Waals surface area contributed by atoms with Gasteiger partial charge in [-0.25, -0.2) is 26.7 Å². The molecule has 0 amide bonds. The highest BCUT2D eigenvalue weighted by atomic mass is 32.2. The molecule has 0 unspecified atom stereocenters. The van der Waals surface area contributed by atoms with Crippen LogP contribution in [-0.2, 0) is 32.2 Å². The summed E-state index contributed by atoms with van der Waals surface area (Å²) in [7, 11) is -7.05. The number of hydrogen-bond donors (Lipinski definition) is 2. The van der Waals surface area contributed by atoms with Crippen LogP contribution in [-0.4, -0.2) is 23.4 Å². The van der Waals surface area contributed by atoms with E-state index in [1.807, 2.05) is 6.07 Å².